The lowest BCUT2D eigenvalue weighted by Gasteiger charge is -2.45. The summed E-state index contributed by atoms with van der Waals surface area (Å²) in [7, 11) is -3.75. The molecule has 7 heteroatoms. The van der Waals surface area contributed by atoms with Gasteiger partial charge in [0, 0.05) is 24.8 Å². The van der Waals surface area contributed by atoms with E-state index < -0.39 is 21.4 Å². The Morgan fingerprint density at radius 3 is 2.43 bits per heavy atom. The van der Waals surface area contributed by atoms with E-state index in [4.69, 9.17) is 0 Å². The van der Waals surface area contributed by atoms with Gasteiger partial charge in [-0.1, -0.05) is 24.3 Å². The molecule has 0 spiro atoms. The van der Waals surface area contributed by atoms with Crippen LogP contribution < -0.4 is 0 Å². The molecule has 1 fully saturated rings. The molecule has 0 radical (unpaired) electrons. The van der Waals surface area contributed by atoms with E-state index in [9.17, 15) is 17.9 Å². The Morgan fingerprint density at radius 1 is 1.14 bits per heavy atom. The first-order chi connectivity index (χ1) is 9.93. The second-order valence-electron chi connectivity index (χ2n) is 4.95. The van der Waals surface area contributed by atoms with E-state index >= 15 is 0 Å². The van der Waals surface area contributed by atoms with Crippen LogP contribution in [-0.4, -0.2) is 35.9 Å². The van der Waals surface area contributed by atoms with Crippen molar-refractivity contribution >= 4 is 10.0 Å². The maximum atomic E-state index is 13.7. The van der Waals surface area contributed by atoms with Crippen LogP contribution in [0, 0.1) is 5.82 Å². The topological polar surface area (TPSA) is 70.5 Å². The number of pyridine rings is 1. The number of halogens is 1. The number of nitrogens with zero attached hydrogens (tertiary/aromatic N) is 2. The summed E-state index contributed by atoms with van der Waals surface area (Å²) < 4.78 is 39.4. The van der Waals surface area contributed by atoms with Crippen molar-refractivity contribution in [3.05, 3.63) is 60.0 Å². The molecule has 5 nitrogen and oxygen atoms in total. The number of hydrogen-bond donors (Lipinski definition) is 1. The molecule has 0 saturated carbocycles. The fraction of sp³-hybridized carbons (Fsp3) is 0.214. The normalized spacial score (nSPS) is 18.2. The molecule has 0 amide bonds. The van der Waals surface area contributed by atoms with Crippen molar-refractivity contribution in [2.24, 2.45) is 0 Å². The van der Waals surface area contributed by atoms with E-state index in [1.54, 1.807) is 18.2 Å². The average molecular weight is 308 g/mol. The summed E-state index contributed by atoms with van der Waals surface area (Å²) in [5.41, 5.74) is -1.38. The Morgan fingerprint density at radius 2 is 1.81 bits per heavy atom. The number of rotatable bonds is 3. The predicted molar refractivity (Wildman–Crippen MR) is 73.3 cm³/mol. The van der Waals surface area contributed by atoms with E-state index in [0.717, 1.165) is 4.31 Å². The van der Waals surface area contributed by atoms with Gasteiger partial charge in [0.25, 0.3) is 10.0 Å². The zero-order chi connectivity index (χ0) is 15.1. The summed E-state index contributed by atoms with van der Waals surface area (Å²) in [6, 6.07) is 10.4. The molecule has 3 rings (SSSR count). The Labute approximate surface area is 121 Å². The lowest BCUT2D eigenvalue weighted by Crippen LogP contribution is -2.61. The van der Waals surface area contributed by atoms with Crippen LogP contribution >= 0.6 is 0 Å². The number of benzene rings is 1. The van der Waals surface area contributed by atoms with Crippen molar-refractivity contribution in [1.82, 2.24) is 9.29 Å². The molecule has 1 aromatic carbocycles. The molecule has 110 valence electrons. The first-order valence-corrected chi connectivity index (χ1v) is 7.76. The predicted octanol–water partition coefficient (Wildman–Crippen LogP) is 1.11. The van der Waals surface area contributed by atoms with E-state index in [0.29, 0.717) is 0 Å². The van der Waals surface area contributed by atoms with Gasteiger partial charge in [-0.3, -0.25) is 0 Å². The largest absolute Gasteiger partial charge is 0.382 e. The summed E-state index contributed by atoms with van der Waals surface area (Å²) >= 11 is 0. The van der Waals surface area contributed by atoms with Crippen LogP contribution in [0.25, 0.3) is 0 Å². The lowest BCUT2D eigenvalue weighted by atomic mass is 9.88. The number of aromatic nitrogens is 1. The summed E-state index contributed by atoms with van der Waals surface area (Å²) in [5.74, 6) is -0.546. The van der Waals surface area contributed by atoms with E-state index in [-0.39, 0.29) is 23.7 Å². The van der Waals surface area contributed by atoms with E-state index in [1.165, 1.54) is 30.5 Å². The second-order valence-corrected chi connectivity index (χ2v) is 6.84. The molecule has 1 aromatic heterocycles. The molecule has 21 heavy (non-hydrogen) atoms. The van der Waals surface area contributed by atoms with Crippen LogP contribution in [0.1, 0.15) is 5.56 Å². The number of hydrogen-bond acceptors (Lipinski definition) is 4. The van der Waals surface area contributed by atoms with Crippen molar-refractivity contribution in [2.45, 2.75) is 10.6 Å². The van der Waals surface area contributed by atoms with Gasteiger partial charge in [0.2, 0.25) is 0 Å². The maximum Gasteiger partial charge on any atom is 0.260 e. The Balaban J connectivity index is 1.84. The minimum Gasteiger partial charge on any atom is -0.382 e. The van der Waals surface area contributed by atoms with Crippen molar-refractivity contribution in [2.75, 3.05) is 13.1 Å². The second kappa shape index (κ2) is 4.87. The van der Waals surface area contributed by atoms with E-state index in [1.807, 2.05) is 0 Å². The highest BCUT2D eigenvalue weighted by molar-refractivity contribution is 7.89. The van der Waals surface area contributed by atoms with Gasteiger partial charge in [-0.2, -0.15) is 4.31 Å². The first-order valence-electron chi connectivity index (χ1n) is 6.32. The summed E-state index contributed by atoms with van der Waals surface area (Å²) in [4.78, 5) is 3.81. The molecule has 0 atom stereocenters. The quantitative estimate of drug-likeness (QED) is 0.922. The molecule has 0 unspecified atom stereocenters. The van der Waals surface area contributed by atoms with Crippen LogP contribution in [0.2, 0.25) is 0 Å². The minimum absolute atomic E-state index is 0.0828. The maximum absolute atomic E-state index is 13.7. The van der Waals surface area contributed by atoms with Crippen molar-refractivity contribution < 1.29 is 17.9 Å². The fourth-order valence-corrected chi connectivity index (χ4v) is 3.82. The van der Waals surface area contributed by atoms with Crippen LogP contribution in [0.4, 0.5) is 4.39 Å². The summed E-state index contributed by atoms with van der Waals surface area (Å²) in [6.45, 7) is -0.375. The molecule has 0 bridgehead atoms. The number of aliphatic hydroxyl groups is 1. The zero-order valence-corrected chi connectivity index (χ0v) is 11.8. The van der Waals surface area contributed by atoms with Crippen molar-refractivity contribution in [1.29, 1.82) is 0 Å². The summed E-state index contributed by atoms with van der Waals surface area (Å²) in [5, 5.41) is 10.3. The molecule has 2 aromatic rings. The van der Waals surface area contributed by atoms with E-state index in [2.05, 4.69) is 4.98 Å². The first kappa shape index (κ1) is 14.1. The zero-order valence-electron chi connectivity index (χ0n) is 11.0. The van der Waals surface area contributed by atoms with Crippen LogP contribution in [0.5, 0.6) is 0 Å². The Bertz CT molecular complexity index is 759. The number of sulfonamides is 1. The van der Waals surface area contributed by atoms with Gasteiger partial charge in [0.15, 0.2) is 5.03 Å². The Kier molecular flexibility index (Phi) is 3.27. The fourth-order valence-electron chi connectivity index (χ4n) is 2.35. The van der Waals surface area contributed by atoms with Gasteiger partial charge in [-0.25, -0.2) is 17.8 Å². The van der Waals surface area contributed by atoms with Gasteiger partial charge >= 0.3 is 0 Å². The molecular weight excluding hydrogens is 295 g/mol. The van der Waals surface area contributed by atoms with Gasteiger partial charge in [0.1, 0.15) is 11.4 Å². The highest BCUT2D eigenvalue weighted by atomic mass is 32.2. The third-order valence-electron chi connectivity index (χ3n) is 3.49. The van der Waals surface area contributed by atoms with Gasteiger partial charge in [0.05, 0.1) is 0 Å². The molecular formula is C14H13FN2O3S. The average Bonchev–Trinajstić information content (AvgIpc) is 2.45. The molecule has 1 saturated heterocycles. The highest BCUT2D eigenvalue weighted by Crippen LogP contribution is 2.36. The smallest absolute Gasteiger partial charge is 0.260 e. The van der Waals surface area contributed by atoms with Crippen LogP contribution in [0.3, 0.4) is 0 Å². The Hall–Kier alpha value is -1.83. The van der Waals surface area contributed by atoms with Gasteiger partial charge < -0.3 is 5.11 Å². The van der Waals surface area contributed by atoms with Crippen LogP contribution in [-0.2, 0) is 15.6 Å². The standard InChI is InChI=1S/C14H13FN2O3S/c15-12-6-2-1-5-11(12)14(18)9-17(10-14)21(19,20)13-7-3-4-8-16-13/h1-8,18H,9-10H2. The third kappa shape index (κ3) is 2.33. The molecule has 1 aliphatic heterocycles. The molecule has 1 N–H and O–H groups in total. The van der Waals surface area contributed by atoms with Gasteiger partial charge in [-0.15, -0.1) is 0 Å². The lowest BCUT2D eigenvalue weighted by molar-refractivity contribution is -0.0673. The van der Waals surface area contributed by atoms with Gasteiger partial charge in [-0.05, 0) is 18.2 Å². The molecule has 2 heterocycles. The molecule has 1 aliphatic rings. The van der Waals surface area contributed by atoms with Crippen LogP contribution in [0.15, 0.2) is 53.7 Å². The SMILES string of the molecule is O=S(=O)(c1ccccn1)N1CC(O)(c2ccccc2F)C1. The minimum atomic E-state index is -3.75. The number of β-amino-alcohol motifs (C(OH)–C–C–N with tert-alkyl or cyclic N) is 1. The monoisotopic (exact) mass is 308 g/mol. The summed E-state index contributed by atoms with van der Waals surface area (Å²) in [6.07, 6.45) is 1.38. The van der Waals surface area contributed by atoms with Crippen molar-refractivity contribution in [3.63, 3.8) is 0 Å². The highest BCUT2D eigenvalue weighted by Gasteiger charge is 2.49. The molecule has 0 aliphatic carbocycles. The third-order valence-corrected chi connectivity index (χ3v) is 5.20. The van der Waals surface area contributed by atoms with Crippen molar-refractivity contribution in [3.8, 4) is 0 Å².